The first kappa shape index (κ1) is 19.7. The van der Waals surface area contributed by atoms with Gasteiger partial charge in [0.05, 0.1) is 18.8 Å². The number of hydrogen-bond donors (Lipinski definition) is 1. The maximum atomic E-state index is 9.37. The van der Waals surface area contributed by atoms with Crippen molar-refractivity contribution in [2.24, 2.45) is 5.92 Å². The zero-order valence-corrected chi connectivity index (χ0v) is 16.3. The molecule has 2 rings (SSSR count). The maximum absolute atomic E-state index is 9.37. The summed E-state index contributed by atoms with van der Waals surface area (Å²) in [6, 6.07) is 17.1. The van der Waals surface area contributed by atoms with Gasteiger partial charge in [-0.05, 0) is 48.9 Å². The van der Waals surface area contributed by atoms with Crippen LogP contribution in [-0.4, -0.2) is 23.9 Å². The van der Waals surface area contributed by atoms with Gasteiger partial charge in [-0.2, -0.15) is 0 Å². The van der Waals surface area contributed by atoms with Crippen LogP contribution in [0.2, 0.25) is 0 Å². The molecule has 0 saturated heterocycles. The van der Waals surface area contributed by atoms with Gasteiger partial charge in [0.1, 0.15) is 0 Å². The summed E-state index contributed by atoms with van der Waals surface area (Å²) in [5.74, 6) is 0.675. The van der Waals surface area contributed by atoms with E-state index >= 15 is 0 Å². The Morgan fingerprint density at radius 1 is 0.960 bits per heavy atom. The molecule has 2 nitrogen and oxygen atoms in total. The molecular weight excluding hydrogens is 308 g/mol. The van der Waals surface area contributed by atoms with Crippen molar-refractivity contribution in [1.29, 1.82) is 0 Å². The van der Waals surface area contributed by atoms with Crippen LogP contribution in [0.4, 0.5) is 0 Å². The fourth-order valence-corrected chi connectivity index (χ4v) is 4.05. The fourth-order valence-electron chi connectivity index (χ4n) is 4.05. The molecule has 2 atom stereocenters. The van der Waals surface area contributed by atoms with E-state index in [-0.39, 0.29) is 18.1 Å². The summed E-state index contributed by atoms with van der Waals surface area (Å²) in [7, 11) is 0. The summed E-state index contributed by atoms with van der Waals surface area (Å²) in [6.45, 7) is 11.4. The summed E-state index contributed by atoms with van der Waals surface area (Å²) in [4.78, 5) is 0. The van der Waals surface area contributed by atoms with Crippen LogP contribution in [0.25, 0.3) is 0 Å². The Morgan fingerprint density at radius 2 is 1.56 bits per heavy atom. The third-order valence-corrected chi connectivity index (χ3v) is 5.17. The predicted molar refractivity (Wildman–Crippen MR) is 105 cm³/mol. The molecule has 2 aromatic rings. The van der Waals surface area contributed by atoms with E-state index in [1.807, 2.05) is 0 Å². The molecule has 0 aromatic heterocycles. The molecule has 0 fully saturated rings. The average molecular weight is 341 g/mol. The highest BCUT2D eigenvalue weighted by Gasteiger charge is 2.39. The SMILES string of the molecule is Cc1ccccc1CC(C)(OCCO)C(c1ccccc1C)C(C)C. The minimum Gasteiger partial charge on any atom is -0.394 e. The molecule has 2 heteroatoms. The van der Waals surface area contributed by atoms with Gasteiger partial charge in [0.2, 0.25) is 0 Å². The average Bonchev–Trinajstić information content (AvgIpc) is 2.57. The third kappa shape index (κ3) is 4.71. The van der Waals surface area contributed by atoms with Crippen LogP contribution in [-0.2, 0) is 11.2 Å². The van der Waals surface area contributed by atoms with Gasteiger partial charge in [0.15, 0.2) is 0 Å². The molecule has 25 heavy (non-hydrogen) atoms. The second-order valence-corrected chi connectivity index (χ2v) is 7.57. The molecule has 0 bridgehead atoms. The van der Waals surface area contributed by atoms with Crippen molar-refractivity contribution in [3.05, 3.63) is 70.8 Å². The molecule has 0 heterocycles. The topological polar surface area (TPSA) is 29.5 Å². The minimum absolute atomic E-state index is 0.0436. The summed E-state index contributed by atoms with van der Waals surface area (Å²) in [5, 5.41) is 9.37. The second-order valence-electron chi connectivity index (χ2n) is 7.57. The number of hydrogen-bond acceptors (Lipinski definition) is 2. The van der Waals surface area contributed by atoms with Crippen molar-refractivity contribution < 1.29 is 9.84 Å². The van der Waals surface area contributed by atoms with Crippen molar-refractivity contribution >= 4 is 0 Å². The highest BCUT2D eigenvalue weighted by atomic mass is 16.5. The molecule has 1 N–H and O–H groups in total. The standard InChI is InChI=1S/C23H32O2/c1-17(2)22(21-13-9-7-11-19(21)4)23(5,25-15-14-24)16-20-12-8-6-10-18(20)3/h6-13,17,22,24H,14-16H2,1-5H3. The second kappa shape index (κ2) is 8.64. The molecular formula is C23H32O2. The molecule has 0 saturated carbocycles. The Bertz CT molecular complexity index is 677. The van der Waals surface area contributed by atoms with Crippen molar-refractivity contribution in [3.8, 4) is 0 Å². The molecule has 0 amide bonds. The van der Waals surface area contributed by atoms with Crippen LogP contribution in [0.5, 0.6) is 0 Å². The van der Waals surface area contributed by atoms with E-state index in [0.29, 0.717) is 12.5 Å². The van der Waals surface area contributed by atoms with E-state index in [1.165, 1.54) is 22.3 Å². The lowest BCUT2D eigenvalue weighted by atomic mass is 9.71. The van der Waals surface area contributed by atoms with Gasteiger partial charge in [0, 0.05) is 12.3 Å². The van der Waals surface area contributed by atoms with E-state index < -0.39 is 0 Å². The monoisotopic (exact) mass is 340 g/mol. The van der Waals surface area contributed by atoms with Crippen molar-refractivity contribution in [2.75, 3.05) is 13.2 Å². The van der Waals surface area contributed by atoms with Gasteiger partial charge in [-0.15, -0.1) is 0 Å². The lowest BCUT2D eigenvalue weighted by Crippen LogP contribution is -2.42. The zero-order valence-electron chi connectivity index (χ0n) is 16.3. The first-order chi connectivity index (χ1) is 11.9. The Kier molecular flexibility index (Phi) is 6.80. The van der Waals surface area contributed by atoms with Crippen LogP contribution in [0.1, 0.15) is 48.9 Å². The van der Waals surface area contributed by atoms with Crippen LogP contribution in [0.15, 0.2) is 48.5 Å². The van der Waals surface area contributed by atoms with Gasteiger partial charge in [0.25, 0.3) is 0 Å². The van der Waals surface area contributed by atoms with Crippen LogP contribution >= 0.6 is 0 Å². The number of aliphatic hydroxyl groups is 1. The Hall–Kier alpha value is -1.64. The van der Waals surface area contributed by atoms with Crippen molar-refractivity contribution in [3.63, 3.8) is 0 Å². The van der Waals surface area contributed by atoms with Gasteiger partial charge in [-0.25, -0.2) is 0 Å². The molecule has 2 aromatic carbocycles. The van der Waals surface area contributed by atoms with E-state index in [1.54, 1.807) is 0 Å². The first-order valence-electron chi connectivity index (χ1n) is 9.24. The Labute approximate surface area is 152 Å². The van der Waals surface area contributed by atoms with Gasteiger partial charge >= 0.3 is 0 Å². The number of rotatable bonds is 8. The lowest BCUT2D eigenvalue weighted by molar-refractivity contribution is -0.0725. The maximum Gasteiger partial charge on any atom is 0.0766 e. The summed E-state index contributed by atoms with van der Waals surface area (Å²) in [6.07, 6.45) is 0.830. The molecule has 2 unspecified atom stereocenters. The molecule has 0 radical (unpaired) electrons. The largest absolute Gasteiger partial charge is 0.394 e. The highest BCUT2D eigenvalue weighted by molar-refractivity contribution is 5.34. The zero-order chi connectivity index (χ0) is 18.4. The van der Waals surface area contributed by atoms with E-state index in [9.17, 15) is 5.11 Å². The smallest absolute Gasteiger partial charge is 0.0766 e. The first-order valence-corrected chi connectivity index (χ1v) is 9.24. The summed E-state index contributed by atoms with van der Waals surface area (Å²) in [5.41, 5.74) is 4.85. The van der Waals surface area contributed by atoms with Crippen LogP contribution < -0.4 is 0 Å². The number of benzene rings is 2. The summed E-state index contributed by atoms with van der Waals surface area (Å²) < 4.78 is 6.32. The predicted octanol–water partition coefficient (Wildman–Crippen LogP) is 5.05. The number of aryl methyl sites for hydroxylation is 2. The normalized spacial score (nSPS) is 15.2. The van der Waals surface area contributed by atoms with Gasteiger partial charge < -0.3 is 9.84 Å². The Morgan fingerprint density at radius 3 is 2.12 bits per heavy atom. The molecule has 136 valence electrons. The minimum atomic E-state index is -0.380. The van der Waals surface area contributed by atoms with Crippen molar-refractivity contribution in [2.45, 2.75) is 52.6 Å². The molecule has 0 aliphatic rings. The van der Waals surface area contributed by atoms with Gasteiger partial charge in [-0.3, -0.25) is 0 Å². The Balaban J connectivity index is 2.48. The third-order valence-electron chi connectivity index (χ3n) is 5.17. The van der Waals surface area contributed by atoms with Crippen LogP contribution in [0.3, 0.4) is 0 Å². The van der Waals surface area contributed by atoms with Gasteiger partial charge in [-0.1, -0.05) is 62.4 Å². The molecule has 0 aliphatic carbocycles. The van der Waals surface area contributed by atoms with E-state index in [0.717, 1.165) is 6.42 Å². The van der Waals surface area contributed by atoms with E-state index in [4.69, 9.17) is 4.74 Å². The van der Waals surface area contributed by atoms with E-state index in [2.05, 4.69) is 83.1 Å². The molecule has 0 spiro atoms. The number of ether oxygens (including phenoxy) is 1. The number of aliphatic hydroxyl groups excluding tert-OH is 1. The summed E-state index contributed by atoms with van der Waals surface area (Å²) >= 11 is 0. The fraction of sp³-hybridized carbons (Fsp3) is 0.478. The molecule has 0 aliphatic heterocycles. The van der Waals surface area contributed by atoms with Crippen molar-refractivity contribution in [1.82, 2.24) is 0 Å². The van der Waals surface area contributed by atoms with Crippen LogP contribution in [0, 0.1) is 19.8 Å². The highest BCUT2D eigenvalue weighted by Crippen LogP contribution is 2.41. The quantitative estimate of drug-likeness (QED) is 0.728. The lowest BCUT2D eigenvalue weighted by Gasteiger charge is -2.41.